The van der Waals surface area contributed by atoms with Crippen LogP contribution >= 0.6 is 15.9 Å². The highest BCUT2D eigenvalue weighted by atomic mass is 79.9. The first kappa shape index (κ1) is 17.8. The SMILES string of the molecule is CNC(=O)C1CN(S(=O)(=O)c2ccc(Br)c(C)c2)c2ccccc2O1. The Morgan fingerprint density at radius 2 is 2.00 bits per heavy atom. The fourth-order valence-corrected chi connectivity index (χ4v) is 4.44. The van der Waals surface area contributed by atoms with E-state index in [0.29, 0.717) is 11.4 Å². The molecule has 132 valence electrons. The molecule has 0 radical (unpaired) electrons. The van der Waals surface area contributed by atoms with Crippen LogP contribution in [0.5, 0.6) is 5.75 Å². The van der Waals surface area contributed by atoms with Crippen molar-refractivity contribution >= 4 is 37.5 Å². The van der Waals surface area contributed by atoms with Crippen molar-refractivity contribution in [2.75, 3.05) is 17.9 Å². The van der Waals surface area contributed by atoms with Crippen LogP contribution in [0.1, 0.15) is 5.56 Å². The number of halogens is 1. The van der Waals surface area contributed by atoms with E-state index in [1.807, 2.05) is 6.92 Å². The molecule has 1 unspecified atom stereocenters. The molecule has 2 aromatic carbocycles. The number of hydrogen-bond donors (Lipinski definition) is 1. The van der Waals surface area contributed by atoms with Gasteiger partial charge in [-0.25, -0.2) is 8.42 Å². The van der Waals surface area contributed by atoms with Crippen LogP contribution < -0.4 is 14.4 Å². The maximum atomic E-state index is 13.2. The number of carbonyl (C=O) groups is 1. The molecule has 3 rings (SSSR count). The van der Waals surface area contributed by atoms with Crippen LogP contribution in [0.2, 0.25) is 0 Å². The summed E-state index contributed by atoms with van der Waals surface area (Å²) < 4.78 is 34.1. The monoisotopic (exact) mass is 424 g/mol. The molecule has 0 bridgehead atoms. The lowest BCUT2D eigenvalue weighted by atomic mass is 10.2. The smallest absolute Gasteiger partial charge is 0.264 e. The standard InChI is InChI=1S/C17H17BrN2O4S/c1-11-9-12(7-8-13(11)18)25(22,23)20-10-16(17(21)19-2)24-15-6-4-3-5-14(15)20/h3-9,16H,10H2,1-2H3,(H,19,21). The first-order valence-electron chi connectivity index (χ1n) is 7.61. The molecule has 1 N–H and O–H groups in total. The van der Waals surface area contributed by atoms with Crippen molar-refractivity contribution in [2.45, 2.75) is 17.9 Å². The third-order valence-corrected chi connectivity index (χ3v) is 6.66. The Morgan fingerprint density at radius 3 is 2.68 bits per heavy atom. The number of sulfonamides is 1. The van der Waals surface area contributed by atoms with Crippen LogP contribution in [0.25, 0.3) is 0 Å². The van der Waals surface area contributed by atoms with Crippen LogP contribution in [-0.2, 0) is 14.8 Å². The van der Waals surface area contributed by atoms with Crippen molar-refractivity contribution < 1.29 is 17.9 Å². The third kappa shape index (κ3) is 3.23. The molecule has 0 spiro atoms. The predicted octanol–water partition coefficient (Wildman–Crippen LogP) is 2.46. The van der Waals surface area contributed by atoms with Gasteiger partial charge in [0, 0.05) is 11.5 Å². The van der Waals surface area contributed by atoms with Crippen LogP contribution in [0.15, 0.2) is 51.8 Å². The second-order valence-electron chi connectivity index (χ2n) is 5.64. The number of anilines is 1. The third-order valence-electron chi connectivity index (χ3n) is 3.99. The number of nitrogens with one attached hydrogen (secondary N) is 1. The minimum Gasteiger partial charge on any atom is -0.476 e. The molecule has 0 aromatic heterocycles. The number of ether oxygens (including phenoxy) is 1. The molecule has 8 heteroatoms. The van der Waals surface area contributed by atoms with Gasteiger partial charge < -0.3 is 10.1 Å². The number of hydrogen-bond acceptors (Lipinski definition) is 4. The summed E-state index contributed by atoms with van der Waals surface area (Å²) in [7, 11) is -2.35. The fraction of sp³-hybridized carbons (Fsp3) is 0.235. The zero-order chi connectivity index (χ0) is 18.2. The number of carbonyl (C=O) groups excluding carboxylic acids is 1. The molecule has 6 nitrogen and oxygen atoms in total. The van der Waals surface area contributed by atoms with Crippen molar-refractivity contribution in [2.24, 2.45) is 0 Å². The Hall–Kier alpha value is -2.06. The molecule has 1 aliphatic rings. The van der Waals surface area contributed by atoms with Gasteiger partial charge in [0.25, 0.3) is 15.9 Å². The average molecular weight is 425 g/mol. The minimum absolute atomic E-state index is 0.0892. The van der Waals surface area contributed by atoms with Crippen LogP contribution in [0.4, 0.5) is 5.69 Å². The van der Waals surface area contributed by atoms with E-state index in [9.17, 15) is 13.2 Å². The summed E-state index contributed by atoms with van der Waals surface area (Å²) in [5, 5.41) is 2.50. The summed E-state index contributed by atoms with van der Waals surface area (Å²) in [6, 6.07) is 11.6. The quantitative estimate of drug-likeness (QED) is 0.820. The molecule has 0 saturated heterocycles. The number of fused-ring (bicyclic) bond motifs is 1. The zero-order valence-corrected chi connectivity index (χ0v) is 16.1. The summed E-state index contributed by atoms with van der Waals surface area (Å²) in [5.41, 5.74) is 1.23. The molecule has 0 aliphatic carbocycles. The Morgan fingerprint density at radius 1 is 1.28 bits per heavy atom. The first-order valence-corrected chi connectivity index (χ1v) is 9.84. The number of para-hydroxylation sites is 2. The molecule has 25 heavy (non-hydrogen) atoms. The highest BCUT2D eigenvalue weighted by Crippen LogP contribution is 2.37. The highest BCUT2D eigenvalue weighted by Gasteiger charge is 2.37. The Labute approximate surface area is 155 Å². The fourth-order valence-electron chi connectivity index (χ4n) is 2.63. The second-order valence-corrected chi connectivity index (χ2v) is 8.35. The Bertz CT molecular complexity index is 930. The number of amides is 1. The number of likely N-dealkylation sites (N-methyl/N-ethyl adjacent to an activating group) is 1. The van der Waals surface area contributed by atoms with Crippen molar-refractivity contribution in [3.8, 4) is 5.75 Å². The molecule has 1 heterocycles. The van der Waals surface area contributed by atoms with E-state index in [1.165, 1.54) is 11.4 Å². The van der Waals surface area contributed by atoms with Gasteiger partial charge in [0.15, 0.2) is 6.10 Å². The zero-order valence-electron chi connectivity index (χ0n) is 13.7. The van der Waals surface area contributed by atoms with E-state index in [0.717, 1.165) is 10.0 Å². The molecule has 1 atom stereocenters. The predicted molar refractivity (Wildman–Crippen MR) is 98.3 cm³/mol. The van der Waals surface area contributed by atoms with Gasteiger partial charge in [0.2, 0.25) is 0 Å². The summed E-state index contributed by atoms with van der Waals surface area (Å²) in [5.74, 6) is -0.0125. The van der Waals surface area contributed by atoms with Crippen molar-refractivity contribution in [3.05, 3.63) is 52.5 Å². The topological polar surface area (TPSA) is 75.7 Å². The molecular formula is C17H17BrN2O4S. The Kier molecular flexibility index (Phi) is 4.75. The van der Waals surface area contributed by atoms with Gasteiger partial charge in [-0.05, 0) is 42.8 Å². The Balaban J connectivity index is 2.10. The summed E-state index contributed by atoms with van der Waals surface area (Å²) >= 11 is 3.37. The van der Waals surface area contributed by atoms with Gasteiger partial charge in [-0.1, -0.05) is 28.1 Å². The lowest BCUT2D eigenvalue weighted by Crippen LogP contribution is -2.50. The number of benzene rings is 2. The second kappa shape index (κ2) is 6.68. The average Bonchev–Trinajstić information content (AvgIpc) is 2.62. The molecule has 1 amide bonds. The van der Waals surface area contributed by atoms with Gasteiger partial charge in [-0.15, -0.1) is 0 Å². The van der Waals surface area contributed by atoms with Crippen molar-refractivity contribution in [1.29, 1.82) is 0 Å². The van der Waals surface area contributed by atoms with Gasteiger partial charge >= 0.3 is 0 Å². The van der Waals surface area contributed by atoms with E-state index >= 15 is 0 Å². The van der Waals surface area contributed by atoms with Gasteiger partial charge in [0.05, 0.1) is 17.1 Å². The van der Waals surface area contributed by atoms with E-state index in [1.54, 1.807) is 42.5 Å². The lowest BCUT2D eigenvalue weighted by Gasteiger charge is -2.34. The molecule has 2 aromatic rings. The van der Waals surface area contributed by atoms with E-state index in [2.05, 4.69) is 21.2 Å². The van der Waals surface area contributed by atoms with Crippen LogP contribution in [0.3, 0.4) is 0 Å². The largest absolute Gasteiger partial charge is 0.476 e. The van der Waals surface area contributed by atoms with Gasteiger partial charge in [0.1, 0.15) is 5.75 Å². The molecular weight excluding hydrogens is 408 g/mol. The summed E-state index contributed by atoms with van der Waals surface area (Å²) in [6.07, 6.45) is -0.911. The summed E-state index contributed by atoms with van der Waals surface area (Å²) in [4.78, 5) is 12.2. The van der Waals surface area contributed by atoms with Crippen molar-refractivity contribution in [3.63, 3.8) is 0 Å². The number of nitrogens with zero attached hydrogens (tertiary/aromatic N) is 1. The van der Waals surface area contributed by atoms with E-state index in [4.69, 9.17) is 4.74 Å². The van der Waals surface area contributed by atoms with Crippen LogP contribution in [0, 0.1) is 6.92 Å². The minimum atomic E-state index is -3.84. The maximum Gasteiger partial charge on any atom is 0.264 e. The molecule has 0 saturated carbocycles. The van der Waals surface area contributed by atoms with Crippen LogP contribution in [-0.4, -0.2) is 34.0 Å². The van der Waals surface area contributed by atoms with E-state index in [-0.39, 0.29) is 17.3 Å². The molecule has 0 fully saturated rings. The maximum absolute atomic E-state index is 13.2. The van der Waals surface area contributed by atoms with E-state index < -0.39 is 16.1 Å². The lowest BCUT2D eigenvalue weighted by molar-refractivity contribution is -0.127. The van der Waals surface area contributed by atoms with Gasteiger partial charge in [-0.2, -0.15) is 0 Å². The van der Waals surface area contributed by atoms with Crippen molar-refractivity contribution in [1.82, 2.24) is 5.32 Å². The number of aryl methyl sites for hydroxylation is 1. The first-order chi connectivity index (χ1) is 11.8. The summed E-state index contributed by atoms with van der Waals surface area (Å²) in [6.45, 7) is 1.73. The van der Waals surface area contributed by atoms with Gasteiger partial charge in [-0.3, -0.25) is 9.10 Å². The number of rotatable bonds is 3. The molecule has 1 aliphatic heterocycles. The highest BCUT2D eigenvalue weighted by molar-refractivity contribution is 9.10. The normalized spacial score (nSPS) is 16.8.